The number of hydrogen-bond donors (Lipinski definition) is 2. The number of pyridine rings is 1. The third-order valence-electron chi connectivity index (χ3n) is 6.33. The molecule has 3 heterocycles. The Kier molecular flexibility index (Phi) is 4.77. The van der Waals surface area contributed by atoms with E-state index in [-0.39, 0.29) is 41.4 Å². The third-order valence-corrected chi connectivity index (χ3v) is 6.54. The van der Waals surface area contributed by atoms with Crippen LogP contribution in [0.2, 0.25) is 5.02 Å². The van der Waals surface area contributed by atoms with Gasteiger partial charge >= 0.3 is 5.97 Å². The number of esters is 1. The summed E-state index contributed by atoms with van der Waals surface area (Å²) in [5, 5.41) is 11.3. The zero-order valence-electron chi connectivity index (χ0n) is 16.2. The molecule has 0 spiro atoms. The Balaban J connectivity index is 1.50. The molecule has 0 aromatic carbocycles. The second-order valence-electron chi connectivity index (χ2n) is 7.91. The van der Waals surface area contributed by atoms with E-state index in [2.05, 4.69) is 30.5 Å². The van der Waals surface area contributed by atoms with Crippen molar-refractivity contribution in [2.75, 3.05) is 12.4 Å². The molecule has 3 aromatic heterocycles. The number of aromatic nitrogens is 5. The van der Waals surface area contributed by atoms with Crippen molar-refractivity contribution < 1.29 is 13.9 Å². The van der Waals surface area contributed by atoms with Crippen LogP contribution < -0.4 is 5.32 Å². The largest absolute Gasteiger partial charge is 0.469 e. The summed E-state index contributed by atoms with van der Waals surface area (Å²) in [6, 6.07) is 1.48. The highest BCUT2D eigenvalue weighted by molar-refractivity contribution is 6.31. The Bertz CT molecular complexity index is 1110. The molecule has 0 radical (unpaired) electrons. The van der Waals surface area contributed by atoms with Gasteiger partial charge in [-0.25, -0.2) is 19.3 Å². The van der Waals surface area contributed by atoms with Crippen molar-refractivity contribution in [3.63, 3.8) is 0 Å². The first-order chi connectivity index (χ1) is 14.5. The molecule has 2 bridgehead atoms. The molecular weight excluding hydrogens is 411 g/mol. The fraction of sp³-hybridized carbons (Fsp3) is 0.450. The standard InChI is InChI=1S/C20H20ClFN6O2/c1-30-20(29)14-9-2-4-10(5-3-9)15(14)25-18-13(22)8-24-19(26-18)16-12-6-11(21)7-23-17(12)28-27-16/h6-10,14-15H,2-5H2,1H3,(H,23,27,28)(H,24,25,26)/t9?,10?,14-,15?/m1/s1. The number of carbonyl (C=O) groups is 1. The number of aromatic amines is 1. The van der Waals surface area contributed by atoms with Gasteiger partial charge in [-0.1, -0.05) is 11.6 Å². The Morgan fingerprint density at radius 3 is 2.77 bits per heavy atom. The van der Waals surface area contributed by atoms with Gasteiger partial charge in [-0.2, -0.15) is 5.10 Å². The summed E-state index contributed by atoms with van der Waals surface area (Å²) in [4.78, 5) is 25.1. The molecule has 156 valence electrons. The summed E-state index contributed by atoms with van der Waals surface area (Å²) >= 11 is 6.05. The van der Waals surface area contributed by atoms with E-state index >= 15 is 0 Å². The molecule has 1 unspecified atom stereocenters. The number of carbonyl (C=O) groups excluding carboxylic acids is 1. The van der Waals surface area contributed by atoms with Gasteiger partial charge in [0, 0.05) is 12.2 Å². The molecule has 3 aliphatic rings. The van der Waals surface area contributed by atoms with Crippen molar-refractivity contribution >= 4 is 34.4 Å². The first-order valence-electron chi connectivity index (χ1n) is 9.92. The van der Waals surface area contributed by atoms with Crippen molar-refractivity contribution in [1.82, 2.24) is 25.1 Å². The molecule has 3 saturated carbocycles. The van der Waals surface area contributed by atoms with E-state index in [1.165, 1.54) is 13.3 Å². The van der Waals surface area contributed by atoms with Crippen molar-refractivity contribution in [2.24, 2.45) is 17.8 Å². The number of nitrogens with one attached hydrogen (secondary N) is 2. The van der Waals surface area contributed by atoms with Gasteiger partial charge in [-0.3, -0.25) is 9.89 Å². The van der Waals surface area contributed by atoms with Crippen LogP contribution in [0.1, 0.15) is 25.7 Å². The third kappa shape index (κ3) is 3.17. The van der Waals surface area contributed by atoms with Gasteiger partial charge in [0.2, 0.25) is 0 Å². The molecule has 2 atom stereocenters. The second kappa shape index (κ2) is 7.46. The number of methoxy groups -OCH3 is 1. The minimum atomic E-state index is -0.584. The van der Waals surface area contributed by atoms with E-state index < -0.39 is 5.82 Å². The SMILES string of the molecule is COC(=O)[C@@H]1C2CCC(CC2)C1Nc1nc(-c2n[nH]c3ncc(Cl)cc23)ncc1F. The molecule has 3 fully saturated rings. The topological polar surface area (TPSA) is 106 Å². The first kappa shape index (κ1) is 19.2. The lowest BCUT2D eigenvalue weighted by Gasteiger charge is -2.47. The predicted molar refractivity (Wildman–Crippen MR) is 108 cm³/mol. The number of anilines is 1. The summed E-state index contributed by atoms with van der Waals surface area (Å²) in [5.41, 5.74) is 0.963. The maximum atomic E-state index is 14.6. The number of hydrogen-bond acceptors (Lipinski definition) is 7. The Morgan fingerprint density at radius 1 is 1.23 bits per heavy atom. The molecule has 3 aromatic rings. The van der Waals surface area contributed by atoms with Crippen molar-refractivity contribution in [3.05, 3.63) is 29.3 Å². The maximum absolute atomic E-state index is 14.6. The monoisotopic (exact) mass is 430 g/mol. The Labute approximate surface area is 176 Å². The van der Waals surface area contributed by atoms with Crippen LogP contribution in [0.15, 0.2) is 18.5 Å². The molecule has 3 aliphatic carbocycles. The van der Waals surface area contributed by atoms with Crippen LogP contribution >= 0.6 is 11.6 Å². The summed E-state index contributed by atoms with van der Waals surface area (Å²) in [6.45, 7) is 0. The highest BCUT2D eigenvalue weighted by Crippen LogP contribution is 2.46. The van der Waals surface area contributed by atoms with E-state index in [4.69, 9.17) is 16.3 Å². The number of rotatable bonds is 4. The lowest BCUT2D eigenvalue weighted by atomic mass is 9.61. The van der Waals surface area contributed by atoms with Crippen LogP contribution in [0, 0.1) is 23.6 Å². The number of ether oxygens (including phenoxy) is 1. The summed E-state index contributed by atoms with van der Waals surface area (Å²) < 4.78 is 19.7. The van der Waals surface area contributed by atoms with Gasteiger partial charge in [0.15, 0.2) is 23.1 Å². The average Bonchev–Trinajstić information content (AvgIpc) is 3.18. The van der Waals surface area contributed by atoms with E-state index in [0.717, 1.165) is 31.9 Å². The highest BCUT2D eigenvalue weighted by Gasteiger charge is 2.48. The Hall–Kier alpha value is -2.81. The molecule has 8 nitrogen and oxygen atoms in total. The lowest BCUT2D eigenvalue weighted by Crippen LogP contribution is -2.52. The second-order valence-corrected chi connectivity index (χ2v) is 8.34. The summed E-state index contributed by atoms with van der Waals surface area (Å²) in [5.74, 6) is -0.341. The molecule has 30 heavy (non-hydrogen) atoms. The molecule has 0 aliphatic heterocycles. The van der Waals surface area contributed by atoms with E-state index in [1.807, 2.05) is 0 Å². The quantitative estimate of drug-likeness (QED) is 0.609. The molecular formula is C20H20ClFN6O2. The van der Waals surface area contributed by atoms with Gasteiger partial charge < -0.3 is 10.1 Å². The number of fused-ring (bicyclic) bond motifs is 4. The van der Waals surface area contributed by atoms with Crippen molar-refractivity contribution in [2.45, 2.75) is 31.7 Å². The molecule has 2 N–H and O–H groups in total. The summed E-state index contributed by atoms with van der Waals surface area (Å²) in [6.07, 6.45) is 6.61. The van der Waals surface area contributed by atoms with Crippen molar-refractivity contribution in [3.8, 4) is 11.5 Å². The van der Waals surface area contributed by atoms with Crippen LogP contribution in [0.4, 0.5) is 10.2 Å². The van der Waals surface area contributed by atoms with Crippen LogP contribution in [0.3, 0.4) is 0 Å². The van der Waals surface area contributed by atoms with Crippen LogP contribution in [-0.2, 0) is 9.53 Å². The smallest absolute Gasteiger partial charge is 0.311 e. The molecule has 10 heteroatoms. The Morgan fingerprint density at radius 2 is 2.00 bits per heavy atom. The lowest BCUT2D eigenvalue weighted by molar-refractivity contribution is -0.152. The van der Waals surface area contributed by atoms with Crippen molar-refractivity contribution in [1.29, 1.82) is 0 Å². The highest BCUT2D eigenvalue weighted by atomic mass is 35.5. The van der Waals surface area contributed by atoms with Crippen LogP contribution in [0.5, 0.6) is 0 Å². The van der Waals surface area contributed by atoms with Crippen LogP contribution in [-0.4, -0.2) is 44.3 Å². The molecule has 6 rings (SSSR count). The summed E-state index contributed by atoms with van der Waals surface area (Å²) in [7, 11) is 1.40. The van der Waals surface area contributed by atoms with E-state index in [9.17, 15) is 9.18 Å². The zero-order chi connectivity index (χ0) is 20.8. The molecule has 0 amide bonds. The van der Waals surface area contributed by atoms with Gasteiger partial charge in [0.1, 0.15) is 5.69 Å². The van der Waals surface area contributed by atoms with Gasteiger partial charge in [-0.05, 0) is 43.6 Å². The van der Waals surface area contributed by atoms with Gasteiger partial charge in [0.05, 0.1) is 29.6 Å². The van der Waals surface area contributed by atoms with E-state index in [0.29, 0.717) is 21.7 Å². The minimum absolute atomic E-state index is 0.0533. The van der Waals surface area contributed by atoms with E-state index in [1.54, 1.807) is 6.07 Å². The fourth-order valence-corrected chi connectivity index (χ4v) is 5.08. The van der Waals surface area contributed by atoms with Crippen LogP contribution in [0.25, 0.3) is 22.6 Å². The maximum Gasteiger partial charge on any atom is 0.311 e. The van der Waals surface area contributed by atoms with Gasteiger partial charge in [-0.15, -0.1) is 0 Å². The minimum Gasteiger partial charge on any atom is -0.469 e. The fourth-order valence-electron chi connectivity index (χ4n) is 4.92. The normalized spacial score (nSPS) is 25.4. The number of halogens is 2. The first-order valence-corrected chi connectivity index (χ1v) is 10.3. The molecule has 0 saturated heterocycles. The number of H-pyrrole nitrogens is 1. The van der Waals surface area contributed by atoms with Gasteiger partial charge in [0.25, 0.3) is 0 Å². The zero-order valence-corrected chi connectivity index (χ0v) is 17.0. The predicted octanol–water partition coefficient (Wildman–Crippen LogP) is 3.60. The average molecular weight is 431 g/mol. The number of nitrogens with zero attached hydrogens (tertiary/aromatic N) is 4.